The third-order valence-corrected chi connectivity index (χ3v) is 7.79. The van der Waals surface area contributed by atoms with Crippen molar-refractivity contribution >= 4 is 23.3 Å². The highest BCUT2D eigenvalue weighted by molar-refractivity contribution is 6.31. The second-order valence-electron chi connectivity index (χ2n) is 9.30. The molecule has 1 aliphatic heterocycles. The summed E-state index contributed by atoms with van der Waals surface area (Å²) in [5.41, 5.74) is 4.32. The van der Waals surface area contributed by atoms with Crippen LogP contribution in [0.2, 0.25) is 5.02 Å². The number of ether oxygens (including phenoxy) is 1. The largest absolute Gasteiger partial charge is 0.461 e. The number of aliphatic hydroxyl groups is 1. The highest BCUT2D eigenvalue weighted by Crippen LogP contribution is 2.57. The topological polar surface area (TPSA) is 67.6 Å². The van der Waals surface area contributed by atoms with Crippen molar-refractivity contribution in [3.63, 3.8) is 0 Å². The van der Waals surface area contributed by atoms with E-state index < -0.39 is 5.60 Å². The van der Waals surface area contributed by atoms with Crippen molar-refractivity contribution in [2.45, 2.75) is 64.0 Å². The van der Waals surface area contributed by atoms with Gasteiger partial charge in [-0.3, -0.25) is 4.68 Å². The highest BCUT2D eigenvalue weighted by atomic mass is 35.5. The lowest BCUT2D eigenvalue weighted by molar-refractivity contribution is 0.00322. The molecular weight excluding hydrogens is 414 g/mol. The lowest BCUT2D eigenvalue weighted by Gasteiger charge is -2.40. The molecule has 0 spiro atoms. The van der Waals surface area contributed by atoms with E-state index >= 15 is 0 Å². The minimum absolute atomic E-state index is 0.311. The number of aryl methyl sites for hydroxylation is 1. The van der Waals surface area contributed by atoms with Gasteiger partial charge in [-0.05, 0) is 75.5 Å². The fraction of sp³-hybridized carbons (Fsp3) is 0.583. The smallest absolute Gasteiger partial charge is 0.359 e. The zero-order chi connectivity index (χ0) is 21.8. The third-order valence-electron chi connectivity index (χ3n) is 7.38. The minimum atomic E-state index is -0.715. The molecule has 0 bridgehead atoms. The summed E-state index contributed by atoms with van der Waals surface area (Å²) in [4.78, 5) is 14.7. The molecule has 0 radical (unpaired) electrons. The molecule has 2 heterocycles. The lowest BCUT2D eigenvalue weighted by Crippen LogP contribution is -2.45. The van der Waals surface area contributed by atoms with E-state index in [2.05, 4.69) is 16.1 Å². The Bertz CT molecular complexity index is 1010. The van der Waals surface area contributed by atoms with E-state index in [0.29, 0.717) is 49.9 Å². The van der Waals surface area contributed by atoms with Crippen molar-refractivity contribution in [2.24, 2.45) is 5.92 Å². The Balaban J connectivity index is 1.26. The molecule has 31 heavy (non-hydrogen) atoms. The minimum Gasteiger partial charge on any atom is -0.461 e. The van der Waals surface area contributed by atoms with Crippen molar-refractivity contribution in [3.05, 3.63) is 45.7 Å². The second-order valence-corrected chi connectivity index (χ2v) is 9.71. The maximum atomic E-state index is 12.4. The predicted molar refractivity (Wildman–Crippen MR) is 120 cm³/mol. The monoisotopic (exact) mass is 443 g/mol. The Morgan fingerprint density at radius 2 is 2.13 bits per heavy atom. The van der Waals surface area contributed by atoms with Crippen LogP contribution in [-0.2, 0) is 17.7 Å². The number of carbonyl (C=O) groups excluding carboxylic acids is 1. The van der Waals surface area contributed by atoms with Gasteiger partial charge in [0, 0.05) is 41.6 Å². The van der Waals surface area contributed by atoms with E-state index in [9.17, 15) is 9.90 Å². The van der Waals surface area contributed by atoms with E-state index in [4.69, 9.17) is 16.3 Å². The van der Waals surface area contributed by atoms with Crippen LogP contribution in [0, 0.1) is 12.8 Å². The number of anilines is 1. The van der Waals surface area contributed by atoms with Crippen LogP contribution in [0.1, 0.15) is 65.8 Å². The van der Waals surface area contributed by atoms with Crippen molar-refractivity contribution < 1.29 is 14.6 Å². The van der Waals surface area contributed by atoms with Gasteiger partial charge >= 0.3 is 5.97 Å². The van der Waals surface area contributed by atoms with E-state index in [1.165, 1.54) is 5.69 Å². The Morgan fingerprint density at radius 3 is 2.87 bits per heavy atom. The number of rotatable bonds is 6. The molecule has 3 aliphatic rings. The first kappa shape index (κ1) is 20.8. The average Bonchev–Trinajstić information content (AvgIpc) is 3.26. The number of aromatic nitrogens is 2. The molecule has 6 nitrogen and oxygen atoms in total. The maximum absolute atomic E-state index is 12.4. The van der Waals surface area contributed by atoms with E-state index in [1.54, 1.807) is 0 Å². The first-order valence-corrected chi connectivity index (χ1v) is 11.8. The van der Waals surface area contributed by atoms with Gasteiger partial charge in [-0.1, -0.05) is 17.7 Å². The van der Waals surface area contributed by atoms with Crippen molar-refractivity contribution in [1.29, 1.82) is 0 Å². The standard InChI is InChI=1S/C24H30ClN3O3/c1-3-31-23(29)22-21-17-13-16(17)14-20(21)28(26-22)12-9-24(30)7-10-27(11-8-24)19-6-4-5-18(25)15(19)2/h4-6,16-17,30H,3,7-14H2,1-2H3/t16-,17-/m1/s1. The van der Waals surface area contributed by atoms with Crippen LogP contribution in [0.5, 0.6) is 0 Å². The summed E-state index contributed by atoms with van der Waals surface area (Å²) >= 11 is 6.29. The second kappa shape index (κ2) is 7.82. The summed E-state index contributed by atoms with van der Waals surface area (Å²) in [5.74, 6) is 0.837. The molecule has 166 valence electrons. The van der Waals surface area contributed by atoms with Gasteiger partial charge in [-0.15, -0.1) is 0 Å². The number of piperidine rings is 1. The Kier molecular flexibility index (Phi) is 5.25. The molecule has 2 atom stereocenters. The van der Waals surface area contributed by atoms with Gasteiger partial charge in [0.2, 0.25) is 0 Å². The number of benzene rings is 1. The first-order valence-electron chi connectivity index (χ1n) is 11.4. The number of halogens is 1. The zero-order valence-corrected chi connectivity index (χ0v) is 19.0. The summed E-state index contributed by atoms with van der Waals surface area (Å²) in [6, 6.07) is 5.99. The summed E-state index contributed by atoms with van der Waals surface area (Å²) in [5, 5.41) is 16.7. The number of fused-ring (bicyclic) bond motifs is 3. The molecule has 1 N–H and O–H groups in total. The van der Waals surface area contributed by atoms with Gasteiger partial charge in [0.15, 0.2) is 5.69 Å². The van der Waals surface area contributed by atoms with Gasteiger partial charge in [-0.2, -0.15) is 5.10 Å². The molecule has 1 saturated heterocycles. The molecule has 1 aromatic heterocycles. The van der Waals surface area contributed by atoms with Crippen molar-refractivity contribution in [1.82, 2.24) is 9.78 Å². The number of hydrogen-bond donors (Lipinski definition) is 1. The van der Waals surface area contributed by atoms with E-state index in [-0.39, 0.29) is 5.97 Å². The van der Waals surface area contributed by atoms with Crippen molar-refractivity contribution in [2.75, 3.05) is 24.6 Å². The number of esters is 1. The Morgan fingerprint density at radius 1 is 1.35 bits per heavy atom. The highest BCUT2D eigenvalue weighted by Gasteiger charge is 2.50. The molecule has 2 aromatic rings. The van der Waals surface area contributed by atoms with Crippen LogP contribution in [0.4, 0.5) is 5.69 Å². The van der Waals surface area contributed by atoms with Gasteiger partial charge in [-0.25, -0.2) is 4.79 Å². The summed E-state index contributed by atoms with van der Waals surface area (Å²) in [6.07, 6.45) is 4.21. The molecule has 5 rings (SSSR count). The number of hydrogen-bond acceptors (Lipinski definition) is 5. The van der Waals surface area contributed by atoms with Crippen LogP contribution < -0.4 is 4.90 Å². The zero-order valence-electron chi connectivity index (χ0n) is 18.2. The van der Waals surface area contributed by atoms with E-state index in [1.807, 2.05) is 30.7 Å². The molecule has 1 saturated carbocycles. The molecule has 0 amide bonds. The maximum Gasteiger partial charge on any atom is 0.359 e. The van der Waals surface area contributed by atoms with Gasteiger partial charge in [0.1, 0.15) is 0 Å². The third kappa shape index (κ3) is 3.74. The van der Waals surface area contributed by atoms with Crippen LogP contribution >= 0.6 is 11.6 Å². The molecule has 2 fully saturated rings. The fourth-order valence-corrected chi connectivity index (χ4v) is 5.56. The predicted octanol–water partition coefficient (Wildman–Crippen LogP) is 4.10. The van der Waals surface area contributed by atoms with Gasteiger partial charge < -0.3 is 14.7 Å². The number of carbonyl (C=O) groups is 1. The fourth-order valence-electron chi connectivity index (χ4n) is 5.39. The number of nitrogens with zero attached hydrogens (tertiary/aromatic N) is 3. The van der Waals surface area contributed by atoms with Crippen LogP contribution in [0.25, 0.3) is 0 Å². The Hall–Kier alpha value is -2.05. The molecule has 2 aliphatic carbocycles. The van der Waals surface area contributed by atoms with E-state index in [0.717, 1.165) is 47.8 Å². The van der Waals surface area contributed by atoms with Crippen LogP contribution in [0.3, 0.4) is 0 Å². The van der Waals surface area contributed by atoms with Crippen molar-refractivity contribution in [3.8, 4) is 0 Å². The van der Waals surface area contributed by atoms with Crippen LogP contribution in [-0.4, -0.2) is 46.2 Å². The van der Waals surface area contributed by atoms with Crippen LogP contribution in [0.15, 0.2) is 18.2 Å². The normalized spacial score (nSPS) is 23.4. The Labute approximate surface area is 188 Å². The molecular formula is C24H30ClN3O3. The lowest BCUT2D eigenvalue weighted by atomic mass is 9.87. The summed E-state index contributed by atoms with van der Waals surface area (Å²) in [7, 11) is 0. The average molecular weight is 444 g/mol. The summed E-state index contributed by atoms with van der Waals surface area (Å²) in [6.45, 7) is 6.45. The SMILES string of the molecule is CCOC(=O)c1nn(CCC2(O)CCN(c3cccc(Cl)c3C)CC2)c2c1[C@@H]1C[C@@H]1C2. The molecule has 0 unspecified atom stereocenters. The van der Waals surface area contributed by atoms with Gasteiger partial charge in [0.25, 0.3) is 0 Å². The summed E-state index contributed by atoms with van der Waals surface area (Å²) < 4.78 is 7.21. The first-order chi connectivity index (χ1) is 14.9. The molecule has 1 aromatic carbocycles. The quantitative estimate of drug-likeness (QED) is 0.680. The molecule has 7 heteroatoms. The van der Waals surface area contributed by atoms with Gasteiger partial charge in [0.05, 0.1) is 12.2 Å².